The van der Waals surface area contributed by atoms with Crippen molar-refractivity contribution in [1.82, 2.24) is 0 Å². The van der Waals surface area contributed by atoms with Crippen molar-refractivity contribution in [3.8, 4) is 11.1 Å². The molecule has 4 aromatic carbocycles. The summed E-state index contributed by atoms with van der Waals surface area (Å²) in [6.07, 6.45) is 7.59. The Hall–Kier alpha value is -4.70. The van der Waals surface area contributed by atoms with Crippen molar-refractivity contribution in [2.24, 2.45) is 0 Å². The molecule has 0 fully saturated rings. The Morgan fingerprint density at radius 3 is 1.44 bits per heavy atom. The van der Waals surface area contributed by atoms with Gasteiger partial charge in [0.05, 0.1) is 13.2 Å². The molecule has 0 heterocycles. The van der Waals surface area contributed by atoms with Gasteiger partial charge >= 0.3 is 11.9 Å². The molecule has 206 valence electrons. The first-order valence-corrected chi connectivity index (χ1v) is 14.0. The van der Waals surface area contributed by atoms with Gasteiger partial charge in [0, 0.05) is 17.6 Å². The van der Waals surface area contributed by atoms with Crippen LogP contribution in [-0.4, -0.2) is 25.2 Å². The van der Waals surface area contributed by atoms with Crippen molar-refractivity contribution in [3.63, 3.8) is 0 Å². The standard InChI is InChI=1S/C37H34O4/c1-27-13-17-31-32-18-14-28(2)26-34(32)37(33(31)25-27,21-23-40-35(38)19-15-29-9-5-3-6-10-29)22-24-41-36(39)20-16-30-11-7-4-8-12-30/h3-20,25-26H,21-24H2,1-2H3/b19-15+,20-16+. The Bertz CT molecular complexity index is 1460. The molecule has 4 heteroatoms. The maximum atomic E-state index is 12.6. The Morgan fingerprint density at radius 2 is 1.02 bits per heavy atom. The van der Waals surface area contributed by atoms with Gasteiger partial charge in [-0.3, -0.25) is 0 Å². The largest absolute Gasteiger partial charge is 0.462 e. The summed E-state index contributed by atoms with van der Waals surface area (Å²) in [7, 11) is 0. The van der Waals surface area contributed by atoms with Crippen LogP contribution in [-0.2, 0) is 24.5 Å². The number of carbonyl (C=O) groups is 2. The molecule has 0 N–H and O–H groups in total. The average Bonchev–Trinajstić information content (AvgIpc) is 3.24. The fourth-order valence-corrected chi connectivity index (χ4v) is 5.59. The van der Waals surface area contributed by atoms with Crippen LogP contribution >= 0.6 is 0 Å². The molecule has 0 unspecified atom stereocenters. The van der Waals surface area contributed by atoms with Crippen LogP contribution < -0.4 is 0 Å². The lowest BCUT2D eigenvalue weighted by Crippen LogP contribution is -2.30. The first-order valence-electron chi connectivity index (χ1n) is 14.0. The van der Waals surface area contributed by atoms with Gasteiger partial charge in [0.2, 0.25) is 0 Å². The van der Waals surface area contributed by atoms with Gasteiger partial charge in [-0.25, -0.2) is 9.59 Å². The molecule has 4 aromatic rings. The van der Waals surface area contributed by atoms with Crippen molar-refractivity contribution < 1.29 is 19.1 Å². The van der Waals surface area contributed by atoms with Crippen LogP contribution in [0.15, 0.2) is 109 Å². The highest BCUT2D eigenvalue weighted by molar-refractivity contribution is 5.88. The van der Waals surface area contributed by atoms with Crippen LogP contribution in [0.1, 0.15) is 46.2 Å². The lowest BCUT2D eigenvalue weighted by Gasteiger charge is -2.32. The summed E-state index contributed by atoms with van der Waals surface area (Å²) in [6, 6.07) is 32.4. The summed E-state index contributed by atoms with van der Waals surface area (Å²) in [5.74, 6) is -0.762. The van der Waals surface area contributed by atoms with E-state index in [9.17, 15) is 9.59 Å². The number of benzene rings is 4. The molecule has 0 atom stereocenters. The fraction of sp³-hybridized carbons (Fsp3) is 0.189. The molecular weight excluding hydrogens is 508 g/mol. The van der Waals surface area contributed by atoms with Crippen molar-refractivity contribution in [1.29, 1.82) is 0 Å². The summed E-state index contributed by atoms with van der Waals surface area (Å²) in [5.41, 5.74) is 8.45. The summed E-state index contributed by atoms with van der Waals surface area (Å²) in [4.78, 5) is 25.2. The zero-order valence-electron chi connectivity index (χ0n) is 23.5. The highest BCUT2D eigenvalue weighted by atomic mass is 16.5. The molecule has 0 spiro atoms. The van der Waals surface area contributed by atoms with Crippen molar-refractivity contribution >= 4 is 24.1 Å². The van der Waals surface area contributed by atoms with E-state index in [2.05, 4.69) is 50.2 Å². The average molecular weight is 543 g/mol. The molecule has 0 saturated heterocycles. The van der Waals surface area contributed by atoms with E-state index in [4.69, 9.17) is 9.47 Å². The Morgan fingerprint density at radius 1 is 0.610 bits per heavy atom. The van der Waals surface area contributed by atoms with Gasteiger partial charge in [0.15, 0.2) is 0 Å². The number of ether oxygens (including phenoxy) is 2. The van der Waals surface area contributed by atoms with Gasteiger partial charge in [-0.15, -0.1) is 0 Å². The monoisotopic (exact) mass is 542 g/mol. The highest BCUT2D eigenvalue weighted by Gasteiger charge is 2.43. The number of rotatable bonds is 10. The highest BCUT2D eigenvalue weighted by Crippen LogP contribution is 2.53. The van der Waals surface area contributed by atoms with E-state index in [0.29, 0.717) is 12.8 Å². The van der Waals surface area contributed by atoms with Gasteiger partial charge in [-0.2, -0.15) is 0 Å². The zero-order chi connectivity index (χ0) is 28.7. The number of hydrogen-bond acceptors (Lipinski definition) is 4. The van der Waals surface area contributed by atoms with E-state index in [1.54, 1.807) is 12.2 Å². The van der Waals surface area contributed by atoms with E-state index < -0.39 is 5.41 Å². The third-order valence-electron chi connectivity index (χ3n) is 7.64. The first kappa shape index (κ1) is 27.9. The minimum atomic E-state index is -0.463. The molecule has 0 aromatic heterocycles. The minimum absolute atomic E-state index is 0.237. The second-order valence-corrected chi connectivity index (χ2v) is 10.5. The predicted molar refractivity (Wildman–Crippen MR) is 164 cm³/mol. The van der Waals surface area contributed by atoms with Crippen LogP contribution in [0.25, 0.3) is 23.3 Å². The summed E-state index contributed by atoms with van der Waals surface area (Å²) >= 11 is 0. The van der Waals surface area contributed by atoms with E-state index >= 15 is 0 Å². The van der Waals surface area contributed by atoms with Crippen LogP contribution in [0.2, 0.25) is 0 Å². The van der Waals surface area contributed by atoms with Crippen molar-refractivity contribution in [2.75, 3.05) is 13.2 Å². The van der Waals surface area contributed by atoms with Crippen LogP contribution in [0.3, 0.4) is 0 Å². The number of hydrogen-bond donors (Lipinski definition) is 0. The van der Waals surface area contributed by atoms with Crippen LogP contribution in [0.5, 0.6) is 0 Å². The molecule has 0 bridgehead atoms. The summed E-state index contributed by atoms with van der Waals surface area (Å²) < 4.78 is 11.4. The first-order chi connectivity index (χ1) is 19.9. The van der Waals surface area contributed by atoms with E-state index in [0.717, 1.165) is 22.3 Å². The summed E-state index contributed by atoms with van der Waals surface area (Å²) in [6.45, 7) is 4.64. The maximum Gasteiger partial charge on any atom is 0.330 e. The fourth-order valence-electron chi connectivity index (χ4n) is 5.59. The SMILES string of the molecule is Cc1ccc2c(c1)C(CCOC(=O)/C=C/c1ccccc1)(CCOC(=O)/C=C/c1ccccc1)c1cc(C)ccc1-2. The Kier molecular flexibility index (Phi) is 8.59. The molecule has 1 aliphatic rings. The van der Waals surface area contributed by atoms with Gasteiger partial charge in [0.25, 0.3) is 0 Å². The lowest BCUT2D eigenvalue weighted by molar-refractivity contribution is -0.138. The second-order valence-electron chi connectivity index (χ2n) is 10.5. The Balaban J connectivity index is 1.36. The number of aryl methyl sites for hydroxylation is 2. The van der Waals surface area contributed by atoms with Gasteiger partial charge in [-0.05, 0) is 72.2 Å². The lowest BCUT2D eigenvalue weighted by atomic mass is 9.72. The minimum Gasteiger partial charge on any atom is -0.462 e. The molecule has 5 rings (SSSR count). The van der Waals surface area contributed by atoms with Gasteiger partial charge in [0.1, 0.15) is 0 Å². The molecule has 4 nitrogen and oxygen atoms in total. The molecular formula is C37H34O4. The van der Waals surface area contributed by atoms with Gasteiger partial charge in [-0.1, -0.05) is 108 Å². The number of fused-ring (bicyclic) bond motifs is 3. The maximum absolute atomic E-state index is 12.6. The normalized spacial score (nSPS) is 13.2. The molecule has 1 aliphatic carbocycles. The Labute approximate surface area is 242 Å². The van der Waals surface area contributed by atoms with E-state index in [1.165, 1.54) is 34.4 Å². The zero-order valence-corrected chi connectivity index (χ0v) is 23.5. The smallest absolute Gasteiger partial charge is 0.330 e. The van der Waals surface area contributed by atoms with Gasteiger partial charge < -0.3 is 9.47 Å². The number of carbonyl (C=O) groups excluding carboxylic acids is 2. The van der Waals surface area contributed by atoms with Crippen molar-refractivity contribution in [2.45, 2.75) is 32.1 Å². The summed E-state index contributed by atoms with van der Waals surface area (Å²) in [5, 5.41) is 0. The van der Waals surface area contributed by atoms with E-state index in [-0.39, 0.29) is 25.2 Å². The number of esters is 2. The molecule has 0 saturated carbocycles. The molecule has 41 heavy (non-hydrogen) atoms. The van der Waals surface area contributed by atoms with Crippen LogP contribution in [0, 0.1) is 13.8 Å². The topological polar surface area (TPSA) is 52.6 Å². The van der Waals surface area contributed by atoms with Crippen molar-refractivity contribution in [3.05, 3.63) is 143 Å². The molecule has 0 amide bonds. The predicted octanol–water partition coefficient (Wildman–Crippen LogP) is 7.86. The molecule has 0 radical (unpaired) electrons. The van der Waals surface area contributed by atoms with E-state index in [1.807, 2.05) is 60.7 Å². The third-order valence-corrected chi connectivity index (χ3v) is 7.64. The second kappa shape index (κ2) is 12.6. The third kappa shape index (κ3) is 6.55. The van der Waals surface area contributed by atoms with Crippen LogP contribution in [0.4, 0.5) is 0 Å². The quantitative estimate of drug-likeness (QED) is 0.151. The molecule has 0 aliphatic heterocycles.